The van der Waals surface area contributed by atoms with Gasteiger partial charge in [-0.2, -0.15) is 0 Å². The van der Waals surface area contributed by atoms with Crippen molar-refractivity contribution in [2.24, 2.45) is 23.2 Å². The highest BCUT2D eigenvalue weighted by atomic mass is 14.4. The molecule has 0 aromatic carbocycles. The first kappa shape index (κ1) is 9.30. The van der Waals surface area contributed by atoms with Gasteiger partial charge in [-0.25, -0.2) is 0 Å². The molecule has 0 aromatic rings. The van der Waals surface area contributed by atoms with Crippen molar-refractivity contribution in [3.63, 3.8) is 0 Å². The largest absolute Gasteiger partial charge is 0.0846 e. The number of allylic oxidation sites excluding steroid dienone is 2. The second kappa shape index (κ2) is 3.15. The number of rotatable bonds is 3. The number of hydrogen-bond acceptors (Lipinski definition) is 0. The van der Waals surface area contributed by atoms with Crippen molar-refractivity contribution in [3.8, 4) is 0 Å². The molecule has 1 saturated carbocycles. The molecule has 74 valence electrons. The third-order valence-electron chi connectivity index (χ3n) is 3.76. The van der Waals surface area contributed by atoms with Crippen LogP contribution in [0.15, 0.2) is 12.2 Å². The third-order valence-corrected chi connectivity index (χ3v) is 3.76. The molecule has 0 radical (unpaired) electrons. The van der Waals surface area contributed by atoms with E-state index in [1.165, 1.54) is 25.7 Å². The molecule has 0 heteroatoms. The zero-order valence-electron chi connectivity index (χ0n) is 9.22. The van der Waals surface area contributed by atoms with Crippen molar-refractivity contribution >= 4 is 0 Å². The van der Waals surface area contributed by atoms with Gasteiger partial charge in [-0.05, 0) is 36.0 Å². The summed E-state index contributed by atoms with van der Waals surface area (Å²) >= 11 is 0. The van der Waals surface area contributed by atoms with Crippen LogP contribution in [-0.4, -0.2) is 0 Å². The Morgan fingerprint density at radius 3 is 2.54 bits per heavy atom. The highest BCUT2D eigenvalue weighted by molar-refractivity contribution is 5.10. The van der Waals surface area contributed by atoms with Gasteiger partial charge in [0.25, 0.3) is 0 Å². The first-order valence-electron chi connectivity index (χ1n) is 5.78. The molecule has 2 aliphatic carbocycles. The molecule has 2 unspecified atom stereocenters. The molecule has 0 nitrogen and oxygen atoms in total. The summed E-state index contributed by atoms with van der Waals surface area (Å²) in [4.78, 5) is 0. The second-order valence-corrected chi connectivity index (χ2v) is 5.77. The SMILES string of the molecule is CC(C)C1C=CC(C)(CC2CC2)C1. The average Bonchev–Trinajstić information content (AvgIpc) is 2.73. The van der Waals surface area contributed by atoms with Gasteiger partial charge < -0.3 is 0 Å². The maximum Gasteiger partial charge on any atom is -0.0138 e. The Morgan fingerprint density at radius 1 is 1.38 bits per heavy atom. The Morgan fingerprint density at radius 2 is 2.08 bits per heavy atom. The van der Waals surface area contributed by atoms with E-state index >= 15 is 0 Å². The zero-order chi connectivity index (χ0) is 9.47. The molecule has 2 atom stereocenters. The van der Waals surface area contributed by atoms with Crippen LogP contribution in [0.4, 0.5) is 0 Å². The van der Waals surface area contributed by atoms with Crippen molar-refractivity contribution in [2.75, 3.05) is 0 Å². The molecule has 0 N–H and O–H groups in total. The van der Waals surface area contributed by atoms with Crippen LogP contribution >= 0.6 is 0 Å². The van der Waals surface area contributed by atoms with E-state index in [2.05, 4.69) is 32.9 Å². The summed E-state index contributed by atoms with van der Waals surface area (Å²) < 4.78 is 0. The van der Waals surface area contributed by atoms with E-state index in [1.807, 2.05) is 0 Å². The topological polar surface area (TPSA) is 0 Å². The highest BCUT2D eigenvalue weighted by Gasteiger charge is 2.36. The molecule has 2 rings (SSSR count). The van der Waals surface area contributed by atoms with Gasteiger partial charge in [-0.3, -0.25) is 0 Å². The molecule has 0 aromatic heterocycles. The Kier molecular flexibility index (Phi) is 2.25. The lowest BCUT2D eigenvalue weighted by Gasteiger charge is -2.24. The van der Waals surface area contributed by atoms with E-state index in [0.29, 0.717) is 5.41 Å². The molecule has 13 heavy (non-hydrogen) atoms. The van der Waals surface area contributed by atoms with Crippen LogP contribution < -0.4 is 0 Å². The van der Waals surface area contributed by atoms with Crippen molar-refractivity contribution in [1.29, 1.82) is 0 Å². The lowest BCUT2D eigenvalue weighted by Crippen LogP contribution is -2.15. The van der Waals surface area contributed by atoms with Crippen molar-refractivity contribution in [1.82, 2.24) is 0 Å². The minimum absolute atomic E-state index is 0.552. The van der Waals surface area contributed by atoms with Crippen LogP contribution in [0.3, 0.4) is 0 Å². The predicted molar refractivity (Wildman–Crippen MR) is 57.5 cm³/mol. The summed E-state index contributed by atoms with van der Waals surface area (Å²) in [5, 5.41) is 0. The van der Waals surface area contributed by atoms with E-state index < -0.39 is 0 Å². The maximum atomic E-state index is 2.50. The van der Waals surface area contributed by atoms with Crippen molar-refractivity contribution in [3.05, 3.63) is 12.2 Å². The summed E-state index contributed by atoms with van der Waals surface area (Å²) in [7, 11) is 0. The van der Waals surface area contributed by atoms with Gasteiger partial charge in [0.05, 0.1) is 0 Å². The fourth-order valence-corrected chi connectivity index (χ4v) is 2.62. The van der Waals surface area contributed by atoms with Gasteiger partial charge >= 0.3 is 0 Å². The van der Waals surface area contributed by atoms with E-state index in [9.17, 15) is 0 Å². The minimum Gasteiger partial charge on any atom is -0.0846 e. The summed E-state index contributed by atoms with van der Waals surface area (Å²) in [5.41, 5.74) is 0.552. The van der Waals surface area contributed by atoms with Gasteiger partial charge in [0.1, 0.15) is 0 Å². The van der Waals surface area contributed by atoms with Crippen molar-refractivity contribution in [2.45, 2.75) is 46.5 Å². The maximum absolute atomic E-state index is 2.50. The van der Waals surface area contributed by atoms with Gasteiger partial charge in [0, 0.05) is 0 Å². The van der Waals surface area contributed by atoms with Crippen LogP contribution in [0.5, 0.6) is 0 Å². The molecule has 0 bridgehead atoms. The Bertz CT molecular complexity index is 210. The summed E-state index contributed by atoms with van der Waals surface area (Å²) in [6.45, 7) is 7.14. The third kappa shape index (κ3) is 2.15. The summed E-state index contributed by atoms with van der Waals surface area (Å²) in [6, 6.07) is 0. The minimum atomic E-state index is 0.552. The van der Waals surface area contributed by atoms with Crippen LogP contribution in [0, 0.1) is 23.2 Å². The van der Waals surface area contributed by atoms with Gasteiger partial charge in [0.2, 0.25) is 0 Å². The molecule has 0 amide bonds. The lowest BCUT2D eigenvalue weighted by atomic mass is 9.80. The molecule has 0 spiro atoms. The zero-order valence-corrected chi connectivity index (χ0v) is 9.22. The van der Waals surface area contributed by atoms with Crippen LogP contribution in [-0.2, 0) is 0 Å². The van der Waals surface area contributed by atoms with E-state index in [0.717, 1.165) is 17.8 Å². The molecule has 0 saturated heterocycles. The second-order valence-electron chi connectivity index (χ2n) is 5.77. The lowest BCUT2D eigenvalue weighted by molar-refractivity contribution is 0.295. The van der Waals surface area contributed by atoms with Gasteiger partial charge in [-0.1, -0.05) is 45.8 Å². The molecular weight excluding hydrogens is 156 g/mol. The fraction of sp³-hybridized carbons (Fsp3) is 0.846. The monoisotopic (exact) mass is 178 g/mol. The smallest absolute Gasteiger partial charge is 0.0138 e. The standard InChI is InChI=1S/C13H22/c1-10(2)12-6-7-13(3,9-12)8-11-4-5-11/h6-7,10-12H,4-5,8-9H2,1-3H3. The number of hydrogen-bond donors (Lipinski definition) is 0. The van der Waals surface area contributed by atoms with Crippen LogP contribution in [0.1, 0.15) is 46.5 Å². The summed E-state index contributed by atoms with van der Waals surface area (Å²) in [6.07, 6.45) is 10.8. The molecule has 1 fully saturated rings. The fourth-order valence-electron chi connectivity index (χ4n) is 2.62. The van der Waals surface area contributed by atoms with E-state index in [-0.39, 0.29) is 0 Å². The van der Waals surface area contributed by atoms with Crippen LogP contribution in [0.25, 0.3) is 0 Å². The molecule has 0 heterocycles. The Balaban J connectivity index is 1.91. The van der Waals surface area contributed by atoms with E-state index in [1.54, 1.807) is 0 Å². The quantitative estimate of drug-likeness (QED) is 0.572. The highest BCUT2D eigenvalue weighted by Crippen LogP contribution is 2.48. The Hall–Kier alpha value is -0.260. The van der Waals surface area contributed by atoms with Crippen molar-refractivity contribution < 1.29 is 0 Å². The average molecular weight is 178 g/mol. The van der Waals surface area contributed by atoms with Gasteiger partial charge in [-0.15, -0.1) is 0 Å². The molecular formula is C13H22. The van der Waals surface area contributed by atoms with E-state index in [4.69, 9.17) is 0 Å². The summed E-state index contributed by atoms with van der Waals surface area (Å²) in [5.74, 6) is 2.75. The first-order valence-corrected chi connectivity index (χ1v) is 5.78. The van der Waals surface area contributed by atoms with Crippen LogP contribution in [0.2, 0.25) is 0 Å². The van der Waals surface area contributed by atoms with Gasteiger partial charge in [0.15, 0.2) is 0 Å². The molecule has 2 aliphatic rings. The Labute approximate surface area is 82.4 Å². The first-order chi connectivity index (χ1) is 6.09. The molecule has 0 aliphatic heterocycles. The normalized spacial score (nSPS) is 38.9. The predicted octanol–water partition coefficient (Wildman–Crippen LogP) is 4.02.